The second kappa shape index (κ2) is 12.5. The number of piperidine rings is 1. The molecule has 0 aromatic carbocycles. The van der Waals surface area contributed by atoms with Crippen LogP contribution in [0.4, 0.5) is 0 Å². The van der Waals surface area contributed by atoms with Crippen LogP contribution in [0.15, 0.2) is 0 Å². The molecule has 0 aromatic heterocycles. The minimum atomic E-state index is -0.671. The molecule has 6 rings (SSSR count). The Morgan fingerprint density at radius 1 is 0.826 bits per heavy atom. The number of hydrogen-bond acceptors (Lipinski definition) is 5. The highest BCUT2D eigenvalue weighted by Gasteiger charge is 2.66. The van der Waals surface area contributed by atoms with Crippen LogP contribution >= 0.6 is 0 Å². The molecule has 1 heterocycles. The van der Waals surface area contributed by atoms with Crippen LogP contribution in [0.2, 0.25) is 0 Å². The van der Waals surface area contributed by atoms with E-state index in [1.807, 2.05) is 13.8 Å². The first-order valence-corrected chi connectivity index (χ1v) is 19.3. The lowest BCUT2D eigenvalue weighted by atomic mass is 9.37. The second-order valence-corrected chi connectivity index (χ2v) is 19.1. The third-order valence-electron chi connectivity index (χ3n) is 15.2. The monoisotopic (exact) mass is 639 g/mol. The lowest BCUT2D eigenvalue weighted by Gasteiger charge is -2.67. The molecule has 1 amide bonds. The molecular formula is C40H66N2O4. The number of amides is 1. The molecule has 6 fully saturated rings. The molecule has 10 unspecified atom stereocenters. The van der Waals surface area contributed by atoms with Gasteiger partial charge in [-0.2, -0.15) is 0 Å². The summed E-state index contributed by atoms with van der Waals surface area (Å²) in [6.07, 6.45) is 17.8. The van der Waals surface area contributed by atoms with Crippen LogP contribution in [0.25, 0.3) is 0 Å². The lowest BCUT2D eigenvalue weighted by molar-refractivity contribution is -0.202. The number of hydrogen-bond donors (Lipinski definition) is 1. The lowest BCUT2D eigenvalue weighted by Crippen LogP contribution is -2.63. The van der Waals surface area contributed by atoms with Gasteiger partial charge in [-0.3, -0.25) is 9.59 Å². The Hall–Kier alpha value is -1.43. The maximum Gasteiger partial charge on any atom is 0.307 e. The molecule has 46 heavy (non-hydrogen) atoms. The third kappa shape index (κ3) is 6.02. The summed E-state index contributed by atoms with van der Waals surface area (Å²) in [6.45, 7) is 19.0. The summed E-state index contributed by atoms with van der Waals surface area (Å²) >= 11 is 0. The molecule has 260 valence electrons. The number of esters is 1. The predicted molar refractivity (Wildman–Crippen MR) is 183 cm³/mol. The molecule has 1 N–H and O–H groups in total. The normalized spacial score (nSPS) is 43.0. The van der Waals surface area contributed by atoms with Gasteiger partial charge in [0.1, 0.15) is 12.4 Å². The van der Waals surface area contributed by atoms with Crippen molar-refractivity contribution in [1.29, 1.82) is 0 Å². The van der Waals surface area contributed by atoms with Gasteiger partial charge in [0.2, 0.25) is 5.91 Å². The number of ether oxygens (including phenoxy) is 1. The molecular weight excluding hydrogens is 572 g/mol. The van der Waals surface area contributed by atoms with Crippen LogP contribution in [0.1, 0.15) is 145 Å². The zero-order chi connectivity index (χ0) is 33.1. The largest absolute Gasteiger partial charge is 0.462 e. The van der Waals surface area contributed by atoms with Gasteiger partial charge in [-0.25, -0.2) is 0 Å². The van der Waals surface area contributed by atoms with Crippen molar-refractivity contribution >= 4 is 18.2 Å². The Morgan fingerprint density at radius 3 is 2.22 bits per heavy atom. The fourth-order valence-corrected chi connectivity index (χ4v) is 13.1. The van der Waals surface area contributed by atoms with Crippen molar-refractivity contribution in [3.05, 3.63) is 0 Å². The molecule has 0 aromatic rings. The van der Waals surface area contributed by atoms with Gasteiger partial charge in [-0.1, -0.05) is 47.5 Å². The van der Waals surface area contributed by atoms with Gasteiger partial charge in [0, 0.05) is 17.5 Å². The molecule has 6 heteroatoms. The zero-order valence-electron chi connectivity index (χ0n) is 30.4. The van der Waals surface area contributed by atoms with Crippen molar-refractivity contribution in [2.45, 2.75) is 156 Å². The highest BCUT2D eigenvalue weighted by Crippen LogP contribution is 2.72. The van der Waals surface area contributed by atoms with Crippen LogP contribution in [0, 0.1) is 57.2 Å². The Bertz CT molecular complexity index is 1160. The van der Waals surface area contributed by atoms with Gasteiger partial charge in [0.15, 0.2) is 0 Å². The first kappa shape index (κ1) is 34.4. The number of rotatable bonds is 8. The number of nitrogens with one attached hydrogen (secondary N) is 1. The second-order valence-electron chi connectivity index (χ2n) is 19.1. The van der Waals surface area contributed by atoms with Crippen molar-refractivity contribution < 1.29 is 19.1 Å². The average molecular weight is 639 g/mol. The van der Waals surface area contributed by atoms with Crippen LogP contribution in [0.3, 0.4) is 0 Å². The summed E-state index contributed by atoms with van der Waals surface area (Å²) < 4.78 is 6.10. The highest BCUT2D eigenvalue weighted by molar-refractivity contribution is 5.84. The van der Waals surface area contributed by atoms with E-state index in [-0.39, 0.29) is 34.9 Å². The number of likely N-dealkylation sites (tertiary alicyclic amines) is 1. The van der Waals surface area contributed by atoms with Crippen molar-refractivity contribution in [2.75, 3.05) is 19.6 Å². The SMILES string of the molecule is CC1C(OC(=O)CC(C)(C)C=O)CCC2(C)C1CCC1(C)C3CCC4(C(=O)NC(C)(C)CN5CCCCC5)CCCC4C3CCC21. The number of fused-ring (bicyclic) bond motifs is 7. The number of nitrogens with zero attached hydrogens (tertiary/aromatic N) is 1. The molecule has 0 radical (unpaired) electrons. The van der Waals surface area contributed by atoms with Crippen molar-refractivity contribution in [2.24, 2.45) is 57.2 Å². The quantitative estimate of drug-likeness (QED) is 0.216. The van der Waals surface area contributed by atoms with Crippen LogP contribution in [-0.2, 0) is 19.1 Å². The minimum Gasteiger partial charge on any atom is -0.462 e. The van der Waals surface area contributed by atoms with Crippen LogP contribution in [0.5, 0.6) is 0 Å². The minimum absolute atomic E-state index is 0.0415. The first-order chi connectivity index (χ1) is 21.6. The average Bonchev–Trinajstić information content (AvgIpc) is 3.44. The summed E-state index contributed by atoms with van der Waals surface area (Å²) in [4.78, 5) is 41.2. The van der Waals surface area contributed by atoms with Gasteiger partial charge >= 0.3 is 5.97 Å². The summed E-state index contributed by atoms with van der Waals surface area (Å²) in [6, 6.07) is 0. The third-order valence-corrected chi connectivity index (χ3v) is 15.2. The Kier molecular flexibility index (Phi) is 9.34. The smallest absolute Gasteiger partial charge is 0.307 e. The summed E-state index contributed by atoms with van der Waals surface area (Å²) in [5.41, 5.74) is -0.444. The molecule has 0 spiro atoms. The molecule has 1 saturated heterocycles. The van der Waals surface area contributed by atoms with E-state index in [1.54, 1.807) is 0 Å². The predicted octanol–water partition coefficient (Wildman–Crippen LogP) is 7.97. The standard InChI is InChI=1S/C40H66N2O4/c1-27-29-15-19-39(7)30-16-21-40(35(45)41-37(4,5)25-42-22-9-8-10-23-42)18-11-12-31(40)28(30)13-14-33(39)38(29,6)20-17-32(27)46-34(44)24-36(2,3)26-43/h26-33H,8-25H2,1-7H3,(H,41,45). The van der Waals surface area contributed by atoms with E-state index < -0.39 is 5.41 Å². The number of carbonyl (C=O) groups excluding carboxylic acids is 3. The van der Waals surface area contributed by atoms with Crippen molar-refractivity contribution in [3.63, 3.8) is 0 Å². The van der Waals surface area contributed by atoms with Crippen molar-refractivity contribution in [3.8, 4) is 0 Å². The van der Waals surface area contributed by atoms with Crippen molar-refractivity contribution in [1.82, 2.24) is 10.2 Å². The Morgan fingerprint density at radius 2 is 1.50 bits per heavy atom. The molecule has 6 aliphatic rings. The topological polar surface area (TPSA) is 75.7 Å². The zero-order valence-corrected chi connectivity index (χ0v) is 30.4. The maximum absolute atomic E-state index is 14.4. The van der Waals surface area contributed by atoms with E-state index in [0.717, 1.165) is 38.5 Å². The van der Waals surface area contributed by atoms with E-state index in [4.69, 9.17) is 4.74 Å². The molecule has 1 aliphatic heterocycles. The summed E-state index contributed by atoms with van der Waals surface area (Å²) in [5, 5.41) is 3.64. The summed E-state index contributed by atoms with van der Waals surface area (Å²) in [5.74, 6) is 3.67. The van der Waals surface area contributed by atoms with Gasteiger partial charge in [-0.15, -0.1) is 0 Å². The van der Waals surface area contributed by atoms with Crippen LogP contribution < -0.4 is 5.32 Å². The van der Waals surface area contributed by atoms with Crippen LogP contribution in [-0.4, -0.2) is 54.3 Å². The molecule has 6 nitrogen and oxygen atoms in total. The van der Waals surface area contributed by atoms with Gasteiger partial charge in [0.05, 0.1) is 11.8 Å². The fourth-order valence-electron chi connectivity index (χ4n) is 13.1. The van der Waals surface area contributed by atoms with E-state index >= 15 is 0 Å². The molecule has 5 saturated carbocycles. The van der Waals surface area contributed by atoms with E-state index in [0.29, 0.717) is 46.8 Å². The van der Waals surface area contributed by atoms with Gasteiger partial charge in [0.25, 0.3) is 0 Å². The first-order valence-electron chi connectivity index (χ1n) is 19.3. The number of aldehydes is 1. The van der Waals surface area contributed by atoms with Gasteiger partial charge in [-0.05, 0) is 150 Å². The molecule has 5 aliphatic carbocycles. The Balaban J connectivity index is 1.14. The van der Waals surface area contributed by atoms with Gasteiger partial charge < -0.3 is 19.7 Å². The number of carbonyl (C=O) groups is 3. The molecule has 10 atom stereocenters. The maximum atomic E-state index is 14.4. The highest BCUT2D eigenvalue weighted by atomic mass is 16.5. The summed E-state index contributed by atoms with van der Waals surface area (Å²) in [7, 11) is 0. The Labute approximate surface area is 280 Å². The van der Waals surface area contributed by atoms with E-state index in [1.165, 1.54) is 77.3 Å². The van der Waals surface area contributed by atoms with E-state index in [9.17, 15) is 14.4 Å². The molecule has 0 bridgehead atoms. The fraction of sp³-hybridized carbons (Fsp3) is 0.925. The van der Waals surface area contributed by atoms with E-state index in [2.05, 4.69) is 44.8 Å².